The summed E-state index contributed by atoms with van der Waals surface area (Å²) in [6, 6.07) is 0. The maximum atomic E-state index is 10.8. The first kappa shape index (κ1) is 13.1. The third-order valence-electron chi connectivity index (χ3n) is 1.93. The molecule has 2 N–H and O–H groups in total. The maximum absolute atomic E-state index is 10.8. The van der Waals surface area contributed by atoms with Crippen molar-refractivity contribution in [1.82, 2.24) is 0 Å². The van der Waals surface area contributed by atoms with Crippen molar-refractivity contribution in [2.45, 2.75) is 38.9 Å². The van der Waals surface area contributed by atoms with Gasteiger partial charge in [0.25, 0.3) is 0 Å². The molecular formula is C9H16O5. The fourth-order valence-corrected chi connectivity index (χ4v) is 1.17. The fourth-order valence-electron chi connectivity index (χ4n) is 1.17. The zero-order valence-electron chi connectivity index (χ0n) is 8.34. The molecule has 0 fully saturated rings. The molecule has 3 unspecified atom stereocenters. The van der Waals surface area contributed by atoms with Crippen molar-refractivity contribution in [3.8, 4) is 0 Å². The van der Waals surface area contributed by atoms with E-state index in [1.54, 1.807) is 13.8 Å². The first-order valence-electron chi connectivity index (χ1n) is 4.46. The van der Waals surface area contributed by atoms with E-state index in [-0.39, 0.29) is 18.8 Å². The Morgan fingerprint density at radius 1 is 1.43 bits per heavy atom. The van der Waals surface area contributed by atoms with Gasteiger partial charge in [-0.3, -0.25) is 9.59 Å². The van der Waals surface area contributed by atoms with Gasteiger partial charge >= 0.3 is 12.4 Å². The van der Waals surface area contributed by atoms with Gasteiger partial charge in [-0.2, -0.15) is 0 Å². The Kier molecular flexibility index (Phi) is 6.07. The highest BCUT2D eigenvalue weighted by atomic mass is 16.6. The summed E-state index contributed by atoms with van der Waals surface area (Å²) in [6.45, 7) is 3.35. The minimum absolute atomic E-state index is 0.0361. The molecule has 3 atom stereocenters. The van der Waals surface area contributed by atoms with Crippen molar-refractivity contribution in [1.29, 1.82) is 0 Å². The molecule has 0 radical (unpaired) electrons. The Labute approximate surface area is 82.7 Å². The van der Waals surface area contributed by atoms with Crippen LogP contribution in [0.25, 0.3) is 0 Å². The van der Waals surface area contributed by atoms with Crippen LogP contribution in [0.15, 0.2) is 0 Å². The number of rotatable bonds is 6. The first-order valence-corrected chi connectivity index (χ1v) is 4.46. The smallest absolute Gasteiger partial charge is 0.315 e. The second kappa shape index (κ2) is 6.50. The van der Waals surface area contributed by atoms with Gasteiger partial charge < -0.3 is 14.9 Å². The molecule has 0 rings (SSSR count). The molecule has 0 aromatic heterocycles. The van der Waals surface area contributed by atoms with E-state index in [0.717, 1.165) is 0 Å². The Morgan fingerprint density at radius 2 is 2.00 bits per heavy atom. The van der Waals surface area contributed by atoms with Crippen LogP contribution in [0.1, 0.15) is 26.7 Å². The van der Waals surface area contributed by atoms with E-state index in [2.05, 4.69) is 4.74 Å². The molecule has 0 saturated heterocycles. The van der Waals surface area contributed by atoms with E-state index in [1.807, 2.05) is 0 Å². The lowest BCUT2D eigenvalue weighted by Crippen LogP contribution is -2.25. The van der Waals surface area contributed by atoms with Gasteiger partial charge in [0, 0.05) is 0 Å². The van der Waals surface area contributed by atoms with Crippen molar-refractivity contribution in [2.75, 3.05) is 0 Å². The summed E-state index contributed by atoms with van der Waals surface area (Å²) in [5.41, 5.74) is 0. The monoisotopic (exact) mass is 204 g/mol. The summed E-state index contributed by atoms with van der Waals surface area (Å²) in [6.07, 6.45) is -1.25. The minimum atomic E-state index is -0.892. The Bertz CT molecular complexity index is 190. The van der Waals surface area contributed by atoms with Crippen molar-refractivity contribution < 1.29 is 24.5 Å². The van der Waals surface area contributed by atoms with Crippen molar-refractivity contribution in [3.63, 3.8) is 0 Å². The third kappa shape index (κ3) is 5.66. The van der Waals surface area contributed by atoms with Crippen LogP contribution in [0.2, 0.25) is 0 Å². The number of aliphatic hydroxyl groups is 2. The predicted octanol–water partition coefficient (Wildman–Crippen LogP) is -0.156. The molecule has 0 aromatic carbocycles. The number of hydrogen-bond acceptors (Lipinski definition) is 5. The normalized spacial score (nSPS) is 16.9. The summed E-state index contributed by atoms with van der Waals surface area (Å²) < 4.78 is 4.03. The number of ether oxygens (including phenoxy) is 1. The van der Waals surface area contributed by atoms with Gasteiger partial charge in [0.2, 0.25) is 0 Å². The second-order valence-corrected chi connectivity index (χ2v) is 3.42. The van der Waals surface area contributed by atoms with Crippen molar-refractivity contribution >= 4 is 12.4 Å². The third-order valence-corrected chi connectivity index (χ3v) is 1.93. The lowest BCUT2D eigenvalue weighted by atomic mass is 9.96. The Balaban J connectivity index is 3.87. The summed E-state index contributed by atoms with van der Waals surface area (Å²) in [7, 11) is 0. The van der Waals surface area contributed by atoms with Crippen LogP contribution < -0.4 is 0 Å². The van der Waals surface area contributed by atoms with Crippen LogP contribution in [0.5, 0.6) is 0 Å². The van der Waals surface area contributed by atoms with Gasteiger partial charge in [0.15, 0.2) is 0 Å². The average Bonchev–Trinajstić information content (AvgIpc) is 2.02. The molecule has 14 heavy (non-hydrogen) atoms. The molecule has 82 valence electrons. The first-order chi connectivity index (χ1) is 6.47. The van der Waals surface area contributed by atoms with Gasteiger partial charge in [-0.05, 0) is 19.3 Å². The standard InChI is InChI=1S/C9H16O5/c1-6(3-7(2)11)8(12)4-9(13)14-5-10/h5-8,11-12H,3-4H2,1-2H3. The predicted molar refractivity (Wildman–Crippen MR) is 48.2 cm³/mol. The lowest BCUT2D eigenvalue weighted by Gasteiger charge is -2.18. The highest BCUT2D eigenvalue weighted by Crippen LogP contribution is 2.14. The Morgan fingerprint density at radius 3 is 2.43 bits per heavy atom. The summed E-state index contributed by atoms with van der Waals surface area (Å²) in [5.74, 6) is -0.973. The largest absolute Gasteiger partial charge is 0.395 e. The molecular weight excluding hydrogens is 188 g/mol. The number of carbonyl (C=O) groups is 2. The van der Waals surface area contributed by atoms with Gasteiger partial charge in [0.05, 0.1) is 18.6 Å². The average molecular weight is 204 g/mol. The number of carbonyl (C=O) groups excluding carboxylic acids is 2. The van der Waals surface area contributed by atoms with Crippen molar-refractivity contribution in [3.05, 3.63) is 0 Å². The van der Waals surface area contributed by atoms with E-state index in [4.69, 9.17) is 5.11 Å². The zero-order chi connectivity index (χ0) is 11.1. The van der Waals surface area contributed by atoms with Gasteiger partial charge in [-0.1, -0.05) is 6.92 Å². The Hall–Kier alpha value is -0.940. The molecule has 5 nitrogen and oxygen atoms in total. The number of esters is 1. The molecule has 0 aliphatic heterocycles. The van der Waals surface area contributed by atoms with Crippen LogP contribution in [0.3, 0.4) is 0 Å². The number of aliphatic hydroxyl groups excluding tert-OH is 2. The molecule has 0 aromatic rings. The lowest BCUT2D eigenvalue weighted by molar-refractivity contribution is -0.153. The number of hydrogen-bond donors (Lipinski definition) is 2. The molecule has 0 aliphatic rings. The highest BCUT2D eigenvalue weighted by molar-refractivity contribution is 5.76. The van der Waals surface area contributed by atoms with E-state index >= 15 is 0 Å². The quantitative estimate of drug-likeness (QED) is 0.357. The summed E-state index contributed by atoms with van der Waals surface area (Å²) in [4.78, 5) is 20.5. The van der Waals surface area contributed by atoms with Gasteiger partial charge in [-0.15, -0.1) is 0 Å². The van der Waals surface area contributed by atoms with E-state index in [0.29, 0.717) is 6.42 Å². The van der Waals surface area contributed by atoms with Crippen molar-refractivity contribution in [2.24, 2.45) is 5.92 Å². The van der Waals surface area contributed by atoms with Gasteiger partial charge in [-0.25, -0.2) is 0 Å². The van der Waals surface area contributed by atoms with Crippen LogP contribution in [-0.2, 0) is 14.3 Å². The zero-order valence-corrected chi connectivity index (χ0v) is 8.34. The SMILES string of the molecule is CC(O)CC(C)C(O)CC(=O)OC=O. The van der Waals surface area contributed by atoms with Crippen LogP contribution in [0, 0.1) is 5.92 Å². The minimum Gasteiger partial charge on any atom is -0.395 e. The summed E-state index contributed by atoms with van der Waals surface area (Å²) in [5, 5.41) is 18.5. The van der Waals surface area contributed by atoms with Gasteiger partial charge in [0.1, 0.15) is 0 Å². The molecule has 0 saturated carbocycles. The van der Waals surface area contributed by atoms with Crippen LogP contribution in [-0.4, -0.2) is 34.9 Å². The van der Waals surface area contributed by atoms with E-state index in [9.17, 15) is 14.7 Å². The molecule has 0 bridgehead atoms. The summed E-state index contributed by atoms with van der Waals surface area (Å²) >= 11 is 0. The second-order valence-electron chi connectivity index (χ2n) is 3.42. The molecule has 0 aliphatic carbocycles. The van der Waals surface area contributed by atoms with E-state index < -0.39 is 18.2 Å². The topological polar surface area (TPSA) is 83.8 Å². The molecule has 0 spiro atoms. The van der Waals surface area contributed by atoms with Crippen LogP contribution in [0.4, 0.5) is 0 Å². The molecule has 5 heteroatoms. The van der Waals surface area contributed by atoms with E-state index in [1.165, 1.54) is 0 Å². The van der Waals surface area contributed by atoms with Crippen LogP contribution >= 0.6 is 0 Å². The molecule has 0 heterocycles. The molecule has 0 amide bonds. The highest BCUT2D eigenvalue weighted by Gasteiger charge is 2.20. The maximum Gasteiger partial charge on any atom is 0.315 e. The fraction of sp³-hybridized carbons (Fsp3) is 0.778.